The highest BCUT2D eigenvalue weighted by molar-refractivity contribution is 7.99. The van der Waals surface area contributed by atoms with Crippen LogP contribution in [0.15, 0.2) is 0 Å². The third-order valence-corrected chi connectivity index (χ3v) is 2.94. The third kappa shape index (κ3) is 6.95. The van der Waals surface area contributed by atoms with Gasteiger partial charge in [-0.25, -0.2) is 0 Å². The molecule has 2 nitrogen and oxygen atoms in total. The summed E-state index contributed by atoms with van der Waals surface area (Å²) in [6.45, 7) is 4.35. The summed E-state index contributed by atoms with van der Waals surface area (Å²) in [7, 11) is 0. The van der Waals surface area contributed by atoms with Crippen molar-refractivity contribution in [3.8, 4) is 0 Å². The van der Waals surface area contributed by atoms with Crippen molar-refractivity contribution in [3.05, 3.63) is 0 Å². The van der Waals surface area contributed by atoms with Gasteiger partial charge in [-0.05, 0) is 31.3 Å². The Morgan fingerprint density at radius 1 is 1.42 bits per heavy atom. The Balaban J connectivity index is 3.19. The molecule has 0 aliphatic carbocycles. The van der Waals surface area contributed by atoms with Gasteiger partial charge in [0.2, 0.25) is 0 Å². The topological polar surface area (TPSA) is 46.2 Å². The molecule has 0 heterocycles. The maximum Gasteiger partial charge on any atom is 0.0749 e. The molecule has 3 N–H and O–H groups in total. The fourth-order valence-electron chi connectivity index (χ4n) is 0.743. The summed E-state index contributed by atoms with van der Waals surface area (Å²) in [5, 5.41) is 9.54. The van der Waals surface area contributed by atoms with Crippen LogP contribution in [-0.4, -0.2) is 28.8 Å². The lowest BCUT2D eigenvalue weighted by atomic mass is 10.1. The van der Waals surface area contributed by atoms with Gasteiger partial charge in [0.25, 0.3) is 0 Å². The second-order valence-corrected chi connectivity index (χ2v) is 4.64. The first-order chi connectivity index (χ1) is 5.62. The van der Waals surface area contributed by atoms with Crippen LogP contribution >= 0.6 is 11.8 Å². The molecule has 12 heavy (non-hydrogen) atoms. The molecule has 1 unspecified atom stereocenters. The lowest BCUT2D eigenvalue weighted by molar-refractivity contribution is 0.0665. The van der Waals surface area contributed by atoms with Gasteiger partial charge in [-0.1, -0.05) is 13.3 Å². The minimum Gasteiger partial charge on any atom is -0.389 e. The molecule has 0 aliphatic rings. The number of rotatable bonds is 7. The second-order valence-electron chi connectivity index (χ2n) is 3.42. The van der Waals surface area contributed by atoms with E-state index >= 15 is 0 Å². The molecule has 0 saturated carbocycles. The lowest BCUT2D eigenvalue weighted by Gasteiger charge is -2.20. The van der Waals surface area contributed by atoms with Gasteiger partial charge in [-0.15, -0.1) is 0 Å². The van der Waals surface area contributed by atoms with Crippen molar-refractivity contribution in [1.29, 1.82) is 0 Å². The number of hydrogen-bond acceptors (Lipinski definition) is 3. The van der Waals surface area contributed by atoms with Crippen LogP contribution in [0, 0.1) is 0 Å². The van der Waals surface area contributed by atoms with Crippen molar-refractivity contribution in [2.45, 2.75) is 38.7 Å². The molecule has 0 aromatic rings. The van der Waals surface area contributed by atoms with E-state index in [0.717, 1.165) is 12.2 Å². The monoisotopic (exact) mass is 191 g/mol. The molecule has 0 aliphatic heterocycles. The summed E-state index contributed by atoms with van der Waals surface area (Å²) in [5.74, 6) is 2.22. The van der Waals surface area contributed by atoms with E-state index in [1.54, 1.807) is 6.92 Å². The Bertz CT molecular complexity index is 107. The van der Waals surface area contributed by atoms with Gasteiger partial charge in [-0.3, -0.25) is 0 Å². The summed E-state index contributed by atoms with van der Waals surface area (Å²) >= 11 is 1.90. The highest BCUT2D eigenvalue weighted by Crippen LogP contribution is 2.13. The smallest absolute Gasteiger partial charge is 0.0749 e. The Morgan fingerprint density at radius 2 is 2.08 bits per heavy atom. The van der Waals surface area contributed by atoms with Crippen LogP contribution in [0.25, 0.3) is 0 Å². The molecule has 0 bridgehead atoms. The SMILES string of the molecule is CCCCSCCC(C)(O)CN. The molecule has 74 valence electrons. The Labute approximate surface area is 79.9 Å². The van der Waals surface area contributed by atoms with Crippen LogP contribution in [0.4, 0.5) is 0 Å². The van der Waals surface area contributed by atoms with Crippen LogP contribution in [0.5, 0.6) is 0 Å². The number of aliphatic hydroxyl groups is 1. The summed E-state index contributed by atoms with van der Waals surface area (Å²) in [6, 6.07) is 0. The van der Waals surface area contributed by atoms with E-state index in [2.05, 4.69) is 6.92 Å². The Morgan fingerprint density at radius 3 is 2.58 bits per heavy atom. The predicted octanol–water partition coefficient (Wildman–Crippen LogP) is 1.62. The van der Waals surface area contributed by atoms with Gasteiger partial charge in [-0.2, -0.15) is 11.8 Å². The van der Waals surface area contributed by atoms with Gasteiger partial charge in [0.05, 0.1) is 5.60 Å². The molecule has 0 aromatic carbocycles. The van der Waals surface area contributed by atoms with E-state index in [1.807, 2.05) is 11.8 Å². The van der Waals surface area contributed by atoms with Crippen LogP contribution in [0.2, 0.25) is 0 Å². The maximum atomic E-state index is 9.54. The molecule has 0 radical (unpaired) electrons. The number of nitrogens with two attached hydrogens (primary N) is 1. The summed E-state index contributed by atoms with van der Waals surface area (Å²) in [5.41, 5.74) is 4.73. The number of hydrogen-bond donors (Lipinski definition) is 2. The zero-order chi connectivity index (χ0) is 9.45. The van der Waals surface area contributed by atoms with E-state index < -0.39 is 5.60 Å². The highest BCUT2D eigenvalue weighted by Gasteiger charge is 2.16. The molecule has 0 fully saturated rings. The molecule has 0 amide bonds. The summed E-state index contributed by atoms with van der Waals surface area (Å²) in [6.07, 6.45) is 3.33. The maximum absolute atomic E-state index is 9.54. The fourth-order valence-corrected chi connectivity index (χ4v) is 2.02. The van der Waals surface area contributed by atoms with Crippen molar-refractivity contribution in [1.82, 2.24) is 0 Å². The first-order valence-electron chi connectivity index (χ1n) is 4.62. The highest BCUT2D eigenvalue weighted by atomic mass is 32.2. The molecule has 0 rings (SSSR count). The summed E-state index contributed by atoms with van der Waals surface area (Å²) < 4.78 is 0. The third-order valence-electron chi connectivity index (χ3n) is 1.87. The second kappa shape index (κ2) is 6.75. The van der Waals surface area contributed by atoms with Crippen molar-refractivity contribution < 1.29 is 5.11 Å². The zero-order valence-electron chi connectivity index (χ0n) is 8.18. The molecule has 3 heteroatoms. The molecule has 1 atom stereocenters. The zero-order valence-corrected chi connectivity index (χ0v) is 8.99. The number of thioether (sulfide) groups is 1. The van der Waals surface area contributed by atoms with Crippen molar-refractivity contribution in [2.24, 2.45) is 5.73 Å². The lowest BCUT2D eigenvalue weighted by Crippen LogP contribution is -2.34. The normalized spacial score (nSPS) is 16.0. The number of unbranched alkanes of at least 4 members (excludes halogenated alkanes) is 1. The summed E-state index contributed by atoms with van der Waals surface area (Å²) in [4.78, 5) is 0. The van der Waals surface area contributed by atoms with Crippen LogP contribution < -0.4 is 5.73 Å². The largest absolute Gasteiger partial charge is 0.389 e. The van der Waals surface area contributed by atoms with E-state index in [-0.39, 0.29) is 0 Å². The first kappa shape index (κ1) is 12.3. The molecule has 0 aromatic heterocycles. The van der Waals surface area contributed by atoms with Crippen LogP contribution in [0.3, 0.4) is 0 Å². The van der Waals surface area contributed by atoms with Crippen molar-refractivity contribution in [3.63, 3.8) is 0 Å². The molecular weight excluding hydrogens is 170 g/mol. The van der Waals surface area contributed by atoms with Crippen LogP contribution in [-0.2, 0) is 0 Å². The average Bonchev–Trinajstić information content (AvgIpc) is 2.04. The van der Waals surface area contributed by atoms with Gasteiger partial charge in [0.15, 0.2) is 0 Å². The molecule has 0 saturated heterocycles. The molecular formula is C9H21NOS. The Hall–Kier alpha value is 0.270. The Kier molecular flexibility index (Phi) is 6.90. The van der Waals surface area contributed by atoms with E-state index in [4.69, 9.17) is 5.73 Å². The van der Waals surface area contributed by atoms with E-state index in [1.165, 1.54) is 18.6 Å². The fraction of sp³-hybridized carbons (Fsp3) is 1.00. The van der Waals surface area contributed by atoms with Gasteiger partial charge in [0, 0.05) is 6.54 Å². The first-order valence-corrected chi connectivity index (χ1v) is 5.78. The minimum atomic E-state index is -0.654. The average molecular weight is 191 g/mol. The van der Waals surface area contributed by atoms with Gasteiger partial charge in [0.1, 0.15) is 0 Å². The predicted molar refractivity (Wildman–Crippen MR) is 56.5 cm³/mol. The minimum absolute atomic E-state index is 0.362. The molecule has 0 spiro atoms. The van der Waals surface area contributed by atoms with Gasteiger partial charge < -0.3 is 10.8 Å². The van der Waals surface area contributed by atoms with Crippen molar-refractivity contribution >= 4 is 11.8 Å². The van der Waals surface area contributed by atoms with Crippen LogP contribution in [0.1, 0.15) is 33.1 Å². The van der Waals surface area contributed by atoms with Crippen molar-refractivity contribution in [2.75, 3.05) is 18.1 Å². The van der Waals surface area contributed by atoms with E-state index in [0.29, 0.717) is 6.54 Å². The quantitative estimate of drug-likeness (QED) is 0.601. The van der Waals surface area contributed by atoms with E-state index in [9.17, 15) is 5.11 Å². The van der Waals surface area contributed by atoms with Gasteiger partial charge >= 0.3 is 0 Å². The standard InChI is InChI=1S/C9H21NOS/c1-3-4-6-12-7-5-9(2,11)8-10/h11H,3-8,10H2,1-2H3.